The number of rotatable bonds is 8. The number of hydrogen-bond acceptors (Lipinski definition) is 3. The fourth-order valence-corrected chi connectivity index (χ4v) is 2.55. The van der Waals surface area contributed by atoms with Crippen molar-refractivity contribution in [3.8, 4) is 0 Å². The first-order chi connectivity index (χ1) is 10.7. The molecule has 0 aliphatic heterocycles. The van der Waals surface area contributed by atoms with E-state index < -0.39 is 6.10 Å². The van der Waals surface area contributed by atoms with Gasteiger partial charge in [-0.2, -0.15) is 0 Å². The Hall–Kier alpha value is -1.59. The fraction of sp³-hybridized carbons (Fsp3) is 0.333. The summed E-state index contributed by atoms with van der Waals surface area (Å²) in [7, 11) is 1.98. The van der Waals surface area contributed by atoms with Crippen LogP contribution in [0.1, 0.15) is 0 Å². The number of para-hydroxylation sites is 2. The van der Waals surface area contributed by atoms with Crippen LogP contribution >= 0.6 is 0 Å². The number of halogens is 1. The third-order valence-corrected chi connectivity index (χ3v) is 3.65. The van der Waals surface area contributed by atoms with Crippen molar-refractivity contribution in [2.24, 2.45) is 0 Å². The summed E-state index contributed by atoms with van der Waals surface area (Å²) in [6.45, 7) is 1.92. The molecule has 2 atom stereocenters. The van der Waals surface area contributed by atoms with Gasteiger partial charge in [-0.1, -0.05) is 36.4 Å². The molecule has 4 nitrogen and oxygen atoms in total. The van der Waals surface area contributed by atoms with E-state index in [1.165, 1.54) is 0 Å². The van der Waals surface area contributed by atoms with Gasteiger partial charge in [-0.25, -0.2) is 0 Å². The predicted molar refractivity (Wildman–Crippen MR) is 89.6 cm³/mol. The molecule has 0 bridgehead atoms. The van der Waals surface area contributed by atoms with Crippen LogP contribution in [-0.4, -0.2) is 49.6 Å². The fourth-order valence-electron chi connectivity index (χ4n) is 2.55. The zero-order chi connectivity index (χ0) is 15.8. The third kappa shape index (κ3) is 6.20. The summed E-state index contributed by atoms with van der Waals surface area (Å²) in [5, 5.41) is 19.4. The van der Waals surface area contributed by atoms with Gasteiger partial charge in [0.25, 0.3) is 0 Å². The maximum atomic E-state index is 10.4. The monoisotopic (exact) mass is 336 g/mol. The summed E-state index contributed by atoms with van der Waals surface area (Å²) < 4.78 is 0. The normalized spacial score (nSPS) is 13.0. The van der Waals surface area contributed by atoms with Crippen LogP contribution in [0.3, 0.4) is 0 Å². The molecule has 0 aliphatic carbocycles. The van der Waals surface area contributed by atoms with Gasteiger partial charge in [-0.15, -0.1) is 0 Å². The highest BCUT2D eigenvalue weighted by atomic mass is 35.5. The molecular weight excluding hydrogens is 312 g/mol. The maximum Gasteiger partial charge on any atom is 0.121 e. The second-order valence-corrected chi connectivity index (χ2v) is 5.57. The molecule has 0 saturated heterocycles. The SMILES string of the molecule is C[NH+](CCO)CC(O)CN(c1ccccc1)c1ccccc1.[Cl-]. The summed E-state index contributed by atoms with van der Waals surface area (Å²) in [5.74, 6) is 0. The van der Waals surface area contributed by atoms with E-state index in [9.17, 15) is 5.11 Å². The van der Waals surface area contributed by atoms with E-state index in [-0.39, 0.29) is 19.0 Å². The highest BCUT2D eigenvalue weighted by molar-refractivity contribution is 5.62. The van der Waals surface area contributed by atoms with Crippen LogP contribution in [0, 0.1) is 0 Å². The highest BCUT2D eigenvalue weighted by Crippen LogP contribution is 2.24. The minimum Gasteiger partial charge on any atom is -1.00 e. The summed E-state index contributed by atoms with van der Waals surface area (Å²) in [6, 6.07) is 20.2. The standard InChI is InChI=1S/C18H24N2O2.ClH/c1-19(12-13-21)14-18(22)15-20(16-8-4-2-5-9-16)17-10-6-3-7-11-17;/h2-11,18,21-22H,12-15H2,1H3;1H. The molecule has 0 saturated carbocycles. The van der Waals surface area contributed by atoms with Crippen LogP contribution in [-0.2, 0) is 0 Å². The molecule has 0 heterocycles. The molecule has 3 N–H and O–H groups in total. The molecule has 0 spiro atoms. The van der Waals surface area contributed by atoms with Crippen molar-refractivity contribution in [1.29, 1.82) is 0 Å². The average Bonchev–Trinajstić information content (AvgIpc) is 2.54. The van der Waals surface area contributed by atoms with Crippen molar-refractivity contribution >= 4 is 11.4 Å². The van der Waals surface area contributed by atoms with Gasteiger partial charge in [0.05, 0.1) is 20.2 Å². The van der Waals surface area contributed by atoms with Crippen molar-refractivity contribution in [3.05, 3.63) is 60.7 Å². The van der Waals surface area contributed by atoms with Crippen LogP contribution in [0.4, 0.5) is 11.4 Å². The largest absolute Gasteiger partial charge is 1.00 e. The zero-order valence-electron chi connectivity index (χ0n) is 13.4. The Morgan fingerprint density at radius 3 is 1.87 bits per heavy atom. The average molecular weight is 337 g/mol. The van der Waals surface area contributed by atoms with Crippen molar-refractivity contribution in [1.82, 2.24) is 0 Å². The highest BCUT2D eigenvalue weighted by Gasteiger charge is 2.17. The zero-order valence-corrected chi connectivity index (χ0v) is 14.2. The Kier molecular flexibility index (Phi) is 8.66. The van der Waals surface area contributed by atoms with Crippen LogP contribution in [0.2, 0.25) is 0 Å². The van der Waals surface area contributed by atoms with E-state index in [0.717, 1.165) is 16.3 Å². The minimum atomic E-state index is -0.466. The van der Waals surface area contributed by atoms with Gasteiger partial charge in [0.2, 0.25) is 0 Å². The topological polar surface area (TPSA) is 48.1 Å². The minimum absolute atomic E-state index is 0. The van der Waals surface area contributed by atoms with E-state index in [4.69, 9.17) is 5.11 Å². The van der Waals surface area contributed by atoms with E-state index in [0.29, 0.717) is 19.6 Å². The summed E-state index contributed by atoms with van der Waals surface area (Å²) >= 11 is 0. The quantitative estimate of drug-likeness (QED) is 0.508. The molecule has 2 aromatic carbocycles. The van der Waals surface area contributed by atoms with Crippen LogP contribution in [0.25, 0.3) is 0 Å². The van der Waals surface area contributed by atoms with Crippen LogP contribution in [0.5, 0.6) is 0 Å². The number of nitrogens with one attached hydrogen (secondary N) is 1. The Morgan fingerprint density at radius 1 is 0.957 bits per heavy atom. The number of aliphatic hydroxyl groups is 2. The molecule has 5 heteroatoms. The summed E-state index contributed by atoms with van der Waals surface area (Å²) in [6.07, 6.45) is -0.466. The molecule has 2 aromatic rings. The number of aliphatic hydroxyl groups excluding tert-OH is 2. The van der Waals surface area contributed by atoms with Gasteiger partial charge in [0, 0.05) is 11.4 Å². The molecule has 2 unspecified atom stereocenters. The van der Waals surface area contributed by atoms with Gasteiger partial charge < -0.3 is 32.4 Å². The van der Waals surface area contributed by atoms with Crippen molar-refractivity contribution < 1.29 is 27.5 Å². The van der Waals surface area contributed by atoms with Crippen molar-refractivity contribution in [2.75, 3.05) is 38.2 Å². The number of nitrogens with zero attached hydrogens (tertiary/aromatic N) is 1. The molecule has 23 heavy (non-hydrogen) atoms. The number of likely N-dealkylation sites (N-methyl/N-ethyl adjacent to an activating group) is 1. The lowest BCUT2D eigenvalue weighted by Crippen LogP contribution is -3.10. The van der Waals surface area contributed by atoms with Crippen molar-refractivity contribution in [2.45, 2.75) is 6.10 Å². The maximum absolute atomic E-state index is 10.4. The lowest BCUT2D eigenvalue weighted by molar-refractivity contribution is -0.883. The predicted octanol–water partition coefficient (Wildman–Crippen LogP) is -2.30. The third-order valence-electron chi connectivity index (χ3n) is 3.65. The van der Waals surface area contributed by atoms with E-state index >= 15 is 0 Å². The number of quaternary nitrogens is 1. The van der Waals surface area contributed by atoms with Gasteiger partial charge in [-0.3, -0.25) is 0 Å². The van der Waals surface area contributed by atoms with Crippen molar-refractivity contribution in [3.63, 3.8) is 0 Å². The number of benzene rings is 2. The van der Waals surface area contributed by atoms with E-state index in [1.54, 1.807) is 0 Å². The molecule has 0 fully saturated rings. The Balaban J connectivity index is 0.00000264. The van der Waals surface area contributed by atoms with Gasteiger partial charge in [0.15, 0.2) is 0 Å². The Bertz CT molecular complexity index is 500. The van der Waals surface area contributed by atoms with Gasteiger partial charge in [0.1, 0.15) is 19.2 Å². The Labute approximate surface area is 144 Å². The van der Waals surface area contributed by atoms with Gasteiger partial charge in [-0.05, 0) is 24.3 Å². The number of anilines is 2. The molecule has 0 aromatic heterocycles. The smallest absolute Gasteiger partial charge is 0.121 e. The Morgan fingerprint density at radius 2 is 1.43 bits per heavy atom. The van der Waals surface area contributed by atoms with E-state index in [1.807, 2.05) is 67.7 Å². The second-order valence-electron chi connectivity index (χ2n) is 5.57. The summed E-state index contributed by atoms with van der Waals surface area (Å²) in [4.78, 5) is 3.24. The first-order valence-electron chi connectivity index (χ1n) is 7.68. The molecular formula is C18H25ClN2O2. The first-order valence-corrected chi connectivity index (χ1v) is 7.68. The molecule has 2 rings (SSSR count). The number of hydrogen-bond donors (Lipinski definition) is 3. The second kappa shape index (κ2) is 10.2. The molecule has 0 radical (unpaired) electrons. The van der Waals surface area contributed by atoms with E-state index in [2.05, 4.69) is 4.90 Å². The van der Waals surface area contributed by atoms with Crippen LogP contribution in [0.15, 0.2) is 60.7 Å². The lowest BCUT2D eigenvalue weighted by atomic mass is 10.2. The lowest BCUT2D eigenvalue weighted by Gasteiger charge is -2.28. The molecule has 126 valence electrons. The first kappa shape index (κ1) is 19.5. The molecule has 0 amide bonds. The van der Waals surface area contributed by atoms with Crippen LogP contribution < -0.4 is 22.2 Å². The molecule has 0 aliphatic rings. The van der Waals surface area contributed by atoms with Gasteiger partial charge >= 0.3 is 0 Å². The summed E-state index contributed by atoms with van der Waals surface area (Å²) in [5.41, 5.74) is 2.13.